The minimum Gasteiger partial charge on any atom is -0.354 e. The van der Waals surface area contributed by atoms with Crippen LogP contribution in [0.25, 0.3) is 22.2 Å². The second-order valence-corrected chi connectivity index (χ2v) is 17.6. The van der Waals surface area contributed by atoms with E-state index in [9.17, 15) is 19.2 Å². The summed E-state index contributed by atoms with van der Waals surface area (Å²) in [6.45, 7) is 5.91. The number of nitrogens with one attached hydrogen (secondary N) is 2. The van der Waals surface area contributed by atoms with Gasteiger partial charge in [-0.15, -0.1) is 0 Å². The summed E-state index contributed by atoms with van der Waals surface area (Å²) < 4.78 is 4.36. The Morgan fingerprint density at radius 3 is 1.44 bits per heavy atom. The Morgan fingerprint density at radius 2 is 1.01 bits per heavy atom. The van der Waals surface area contributed by atoms with E-state index >= 15 is 0 Å². The lowest BCUT2D eigenvalue weighted by molar-refractivity contribution is 0.0950. The molecule has 10 rings (SSSR count). The van der Waals surface area contributed by atoms with Crippen molar-refractivity contribution < 1.29 is 19.2 Å². The van der Waals surface area contributed by atoms with Gasteiger partial charge in [-0.3, -0.25) is 38.9 Å². The van der Waals surface area contributed by atoms with Gasteiger partial charge in [0.05, 0.1) is 27.9 Å². The molecule has 2 aliphatic carbocycles. The van der Waals surface area contributed by atoms with Gasteiger partial charge in [0.25, 0.3) is 23.6 Å². The molecule has 2 N–H and O–H groups in total. The van der Waals surface area contributed by atoms with E-state index in [1.807, 2.05) is 97.6 Å². The minimum atomic E-state index is -0.241. The zero-order valence-electron chi connectivity index (χ0n) is 38.4. The summed E-state index contributed by atoms with van der Waals surface area (Å²) in [5.41, 5.74) is 8.55. The summed E-state index contributed by atoms with van der Waals surface area (Å²) in [7, 11) is 3.16. The number of carbonyl (C=O) groups excluding carboxylic acids is 4. The molecule has 0 atom stereocenters. The fourth-order valence-corrected chi connectivity index (χ4v) is 8.04. The highest BCUT2D eigenvalue weighted by molar-refractivity contribution is 9.10. The van der Waals surface area contributed by atoms with Gasteiger partial charge >= 0.3 is 0 Å². The van der Waals surface area contributed by atoms with Crippen molar-refractivity contribution >= 4 is 62.2 Å². The maximum atomic E-state index is 13.6. The van der Waals surface area contributed by atoms with Crippen LogP contribution in [-0.4, -0.2) is 89.0 Å². The average Bonchev–Trinajstić information content (AvgIpc) is 3.94. The van der Waals surface area contributed by atoms with E-state index in [0.29, 0.717) is 28.3 Å². The molecular formula is C51H51BrN12O4. The van der Waals surface area contributed by atoms with Crippen molar-refractivity contribution in [2.24, 2.45) is 0 Å². The third-order valence-corrected chi connectivity index (χ3v) is 12.6. The quantitative estimate of drug-likeness (QED) is 0.142. The van der Waals surface area contributed by atoms with Crippen LogP contribution in [0.2, 0.25) is 0 Å². The molecule has 2 fully saturated rings. The van der Waals surface area contributed by atoms with Crippen LogP contribution in [0.5, 0.6) is 0 Å². The predicted molar refractivity (Wildman–Crippen MR) is 264 cm³/mol. The first-order valence-electron chi connectivity index (χ1n) is 22.4. The highest BCUT2D eigenvalue weighted by Crippen LogP contribution is 2.33. The van der Waals surface area contributed by atoms with Crippen LogP contribution in [0.15, 0.2) is 127 Å². The van der Waals surface area contributed by atoms with Gasteiger partial charge in [-0.05, 0) is 140 Å². The number of halogens is 1. The Morgan fingerprint density at radius 1 is 0.559 bits per heavy atom. The number of rotatable bonds is 9. The number of nitrogens with zero attached hydrogens (tertiary/aromatic N) is 10. The second kappa shape index (κ2) is 20.9. The Balaban J connectivity index is 0.000000155. The molecular weight excluding hydrogens is 925 g/mol. The van der Waals surface area contributed by atoms with Gasteiger partial charge in [0.1, 0.15) is 23.0 Å². The number of pyridine rings is 6. The van der Waals surface area contributed by atoms with Gasteiger partial charge in [-0.25, -0.2) is 19.0 Å². The first-order valence-corrected chi connectivity index (χ1v) is 23.2. The van der Waals surface area contributed by atoms with Crippen molar-refractivity contribution in [2.45, 2.75) is 71.4 Å². The number of aromatic nitrogens is 8. The number of amides is 4. The van der Waals surface area contributed by atoms with Crippen LogP contribution in [0.1, 0.15) is 96.9 Å². The van der Waals surface area contributed by atoms with Gasteiger partial charge < -0.3 is 10.6 Å². The van der Waals surface area contributed by atoms with Crippen molar-refractivity contribution in [3.63, 3.8) is 0 Å². The van der Waals surface area contributed by atoms with Gasteiger partial charge in [0.2, 0.25) is 0 Å². The van der Waals surface area contributed by atoms with Gasteiger partial charge in [-0.2, -0.15) is 10.2 Å². The number of anilines is 2. The molecule has 346 valence electrons. The molecule has 2 aliphatic rings. The van der Waals surface area contributed by atoms with E-state index in [-0.39, 0.29) is 35.7 Å². The molecule has 0 bridgehead atoms. The van der Waals surface area contributed by atoms with Gasteiger partial charge in [0, 0.05) is 85.6 Å². The standard InChI is InChI=1S/C25H24N6O2.C18H17BrN4O.C8H10N2O/c1-16-6-9-23(28-13-16)31(19-4-3-5-19)25(33)17-10-11-30-22(12-17)20(15-29-30)18-7-8-21(27-14-18)24(32)26-2;1-12-5-6-17(20-10-12)23(14-3-2-4-14)18(24)13-7-8-22-16(9-13)15(19)11-21-22;1-6-3-4-7(10-5-6)8(11)9-2/h6-15,19H,3-5H2,1-2H3,(H,26,32);5-11,14H,2-4H2,1H3;3-5H,1-2H3,(H,9,11). The zero-order valence-corrected chi connectivity index (χ0v) is 40.0. The summed E-state index contributed by atoms with van der Waals surface area (Å²) in [4.78, 5) is 70.4. The third kappa shape index (κ3) is 10.3. The highest BCUT2D eigenvalue weighted by Gasteiger charge is 2.33. The van der Waals surface area contributed by atoms with Crippen LogP contribution < -0.4 is 20.4 Å². The molecule has 0 spiro atoms. The van der Waals surface area contributed by atoms with Crippen LogP contribution >= 0.6 is 15.9 Å². The van der Waals surface area contributed by atoms with E-state index in [1.165, 1.54) is 0 Å². The van der Waals surface area contributed by atoms with Crippen LogP contribution in [-0.2, 0) is 0 Å². The molecule has 0 unspecified atom stereocenters. The number of hydrogen-bond acceptors (Lipinski definition) is 10. The van der Waals surface area contributed by atoms with Crippen molar-refractivity contribution in [2.75, 3.05) is 23.9 Å². The summed E-state index contributed by atoms with van der Waals surface area (Å²) in [5, 5.41) is 13.7. The van der Waals surface area contributed by atoms with E-state index in [2.05, 4.69) is 56.7 Å². The average molecular weight is 976 g/mol. The van der Waals surface area contributed by atoms with Crippen LogP contribution in [0, 0.1) is 20.8 Å². The number of fused-ring (bicyclic) bond motifs is 2. The zero-order chi connectivity index (χ0) is 47.9. The fourth-order valence-electron chi connectivity index (χ4n) is 7.65. The number of aryl methyl sites for hydroxylation is 3. The molecule has 2 saturated carbocycles. The normalized spacial score (nSPS) is 13.2. The number of hydrogen-bond donors (Lipinski definition) is 2. The maximum absolute atomic E-state index is 13.6. The molecule has 0 aromatic carbocycles. The summed E-state index contributed by atoms with van der Waals surface area (Å²) in [6.07, 6.45) is 20.3. The predicted octanol–water partition coefficient (Wildman–Crippen LogP) is 8.41. The van der Waals surface area contributed by atoms with E-state index in [4.69, 9.17) is 0 Å². The molecule has 0 aliphatic heterocycles. The topological polar surface area (TPSA) is 185 Å². The summed E-state index contributed by atoms with van der Waals surface area (Å²) >= 11 is 3.47. The molecule has 8 heterocycles. The minimum absolute atomic E-state index is 0.00773. The molecule has 16 nitrogen and oxygen atoms in total. The monoisotopic (exact) mass is 974 g/mol. The van der Waals surface area contributed by atoms with E-state index < -0.39 is 0 Å². The van der Waals surface area contributed by atoms with Crippen molar-refractivity contribution in [1.29, 1.82) is 0 Å². The fraction of sp³-hybridized carbons (Fsp3) is 0.255. The van der Waals surface area contributed by atoms with Crippen molar-refractivity contribution in [1.82, 2.24) is 49.8 Å². The molecule has 4 amide bonds. The molecule has 8 aromatic rings. The Labute approximate surface area is 402 Å². The van der Waals surface area contributed by atoms with Gasteiger partial charge in [0.15, 0.2) is 0 Å². The number of carbonyl (C=O) groups is 4. The maximum Gasteiger partial charge on any atom is 0.269 e. The molecule has 8 aromatic heterocycles. The van der Waals surface area contributed by atoms with Crippen molar-refractivity contribution in [3.05, 3.63) is 166 Å². The summed E-state index contributed by atoms with van der Waals surface area (Å²) in [5.74, 6) is 0.936. The molecule has 17 heteroatoms. The van der Waals surface area contributed by atoms with Crippen LogP contribution in [0.4, 0.5) is 11.6 Å². The smallest absolute Gasteiger partial charge is 0.269 e. The van der Waals surface area contributed by atoms with Crippen molar-refractivity contribution in [3.8, 4) is 11.1 Å². The third-order valence-electron chi connectivity index (χ3n) is 12.0. The van der Waals surface area contributed by atoms with E-state index in [1.54, 1.807) is 78.5 Å². The lowest BCUT2D eigenvalue weighted by Gasteiger charge is -2.36. The largest absolute Gasteiger partial charge is 0.354 e. The van der Waals surface area contributed by atoms with E-state index in [0.717, 1.165) is 87.7 Å². The lowest BCUT2D eigenvalue weighted by atomic mass is 9.91. The molecule has 68 heavy (non-hydrogen) atoms. The summed E-state index contributed by atoms with van der Waals surface area (Å²) in [6, 6.07) is 22.6. The molecule has 0 saturated heterocycles. The lowest BCUT2D eigenvalue weighted by Crippen LogP contribution is -2.45. The first kappa shape index (κ1) is 46.9. The Hall–Kier alpha value is -7.66. The van der Waals surface area contributed by atoms with Crippen LogP contribution in [0.3, 0.4) is 0 Å². The molecule has 0 radical (unpaired) electrons. The SMILES string of the molecule is CNC(=O)c1ccc(-c2cnn3ccc(C(=O)N(c4ccc(C)cn4)C4CCC4)cc23)cn1.CNC(=O)c1ccc(C)cn1.Cc1ccc(N(C(=O)c2ccn3ncc(Br)c3c2)C2CCC2)nc1. The Kier molecular flexibility index (Phi) is 14.4. The Bertz CT molecular complexity index is 3070. The van der Waals surface area contributed by atoms with Gasteiger partial charge in [-0.1, -0.05) is 24.3 Å². The first-order chi connectivity index (χ1) is 32.9. The highest BCUT2D eigenvalue weighted by atomic mass is 79.9. The second-order valence-electron chi connectivity index (χ2n) is 16.8.